The van der Waals surface area contributed by atoms with Gasteiger partial charge in [0.1, 0.15) is 5.76 Å². The Morgan fingerprint density at radius 2 is 1.66 bits per heavy atom. The highest BCUT2D eigenvalue weighted by atomic mass is 35.5. The maximum atomic E-state index is 13.2. The lowest BCUT2D eigenvalue weighted by atomic mass is 10.1. The van der Waals surface area contributed by atoms with E-state index < -0.39 is 0 Å². The van der Waals surface area contributed by atoms with Gasteiger partial charge in [-0.15, -0.1) is 11.8 Å². The lowest BCUT2D eigenvalue weighted by Crippen LogP contribution is -2.31. The molecule has 0 N–H and O–H groups in total. The van der Waals surface area contributed by atoms with Crippen LogP contribution in [0.3, 0.4) is 0 Å². The Morgan fingerprint density at radius 1 is 0.897 bits per heavy atom. The number of carbonyl (C=O) groups excluding carboxylic acids is 2. The molecule has 4 nitrogen and oxygen atoms in total. The van der Waals surface area contributed by atoms with Crippen LogP contribution < -0.4 is 0 Å². The standard InChI is InChI=1S/C22H15Cl2NO3S/c23-16-9-7-14(8-10-16)19-20(29-13-17-5-3-11-28-17)22(27)25(21(19)26)12-15-4-1-2-6-18(15)24/h1-11H,12-13H2. The van der Waals surface area contributed by atoms with Crippen LogP contribution in [0.25, 0.3) is 5.57 Å². The Balaban J connectivity index is 1.68. The van der Waals surface area contributed by atoms with E-state index in [1.807, 2.05) is 18.2 Å². The first kappa shape index (κ1) is 19.8. The van der Waals surface area contributed by atoms with Crippen molar-refractivity contribution in [3.63, 3.8) is 0 Å². The zero-order valence-corrected chi connectivity index (χ0v) is 17.4. The zero-order valence-electron chi connectivity index (χ0n) is 15.1. The van der Waals surface area contributed by atoms with E-state index in [0.717, 1.165) is 5.76 Å². The second-order valence-electron chi connectivity index (χ2n) is 6.37. The zero-order chi connectivity index (χ0) is 20.4. The third-order valence-electron chi connectivity index (χ3n) is 4.48. The van der Waals surface area contributed by atoms with Gasteiger partial charge < -0.3 is 4.42 Å². The van der Waals surface area contributed by atoms with Gasteiger partial charge in [0.25, 0.3) is 11.8 Å². The van der Waals surface area contributed by atoms with Crippen molar-refractivity contribution in [3.8, 4) is 0 Å². The van der Waals surface area contributed by atoms with Crippen molar-refractivity contribution in [2.24, 2.45) is 0 Å². The molecule has 0 saturated heterocycles. The van der Waals surface area contributed by atoms with Gasteiger partial charge in [0.05, 0.1) is 29.0 Å². The average molecular weight is 444 g/mol. The van der Waals surface area contributed by atoms with E-state index in [0.29, 0.717) is 37.4 Å². The van der Waals surface area contributed by atoms with Crippen LogP contribution in [0.1, 0.15) is 16.9 Å². The van der Waals surface area contributed by atoms with Gasteiger partial charge in [-0.2, -0.15) is 0 Å². The molecule has 3 aromatic rings. The molecule has 29 heavy (non-hydrogen) atoms. The quantitative estimate of drug-likeness (QED) is 0.451. The Labute approximate surface area is 182 Å². The van der Waals surface area contributed by atoms with E-state index in [1.54, 1.807) is 48.7 Å². The molecule has 7 heteroatoms. The number of furan rings is 1. The second-order valence-corrected chi connectivity index (χ2v) is 8.20. The largest absolute Gasteiger partial charge is 0.468 e. The molecule has 2 aromatic carbocycles. The van der Waals surface area contributed by atoms with E-state index >= 15 is 0 Å². The molecular formula is C22H15Cl2NO3S. The minimum atomic E-state index is -0.348. The minimum Gasteiger partial charge on any atom is -0.468 e. The summed E-state index contributed by atoms with van der Waals surface area (Å²) in [4.78, 5) is 28.0. The summed E-state index contributed by atoms with van der Waals surface area (Å²) in [5.41, 5.74) is 1.73. The van der Waals surface area contributed by atoms with Crippen molar-refractivity contribution in [1.29, 1.82) is 0 Å². The predicted molar refractivity (Wildman–Crippen MR) is 115 cm³/mol. The molecule has 0 atom stereocenters. The maximum Gasteiger partial charge on any atom is 0.268 e. The molecule has 146 valence electrons. The molecular weight excluding hydrogens is 429 g/mol. The van der Waals surface area contributed by atoms with Gasteiger partial charge in [0.15, 0.2) is 0 Å². The van der Waals surface area contributed by atoms with Crippen LogP contribution in [-0.2, 0) is 21.9 Å². The van der Waals surface area contributed by atoms with Crippen molar-refractivity contribution in [3.05, 3.63) is 98.8 Å². The maximum absolute atomic E-state index is 13.2. The number of carbonyl (C=O) groups is 2. The van der Waals surface area contributed by atoms with Crippen molar-refractivity contribution in [2.45, 2.75) is 12.3 Å². The molecule has 1 aromatic heterocycles. The van der Waals surface area contributed by atoms with Gasteiger partial charge in [0, 0.05) is 10.0 Å². The van der Waals surface area contributed by atoms with E-state index in [4.69, 9.17) is 27.6 Å². The molecule has 0 fully saturated rings. The first-order chi connectivity index (χ1) is 14.0. The van der Waals surface area contributed by atoms with Crippen molar-refractivity contribution in [1.82, 2.24) is 4.90 Å². The fourth-order valence-corrected chi connectivity index (χ4v) is 4.39. The Morgan fingerprint density at radius 3 is 2.34 bits per heavy atom. The number of nitrogens with zero attached hydrogens (tertiary/aromatic N) is 1. The van der Waals surface area contributed by atoms with Crippen LogP contribution in [0, 0.1) is 0 Å². The molecule has 0 bridgehead atoms. The van der Waals surface area contributed by atoms with Crippen LogP contribution in [-0.4, -0.2) is 16.7 Å². The fraction of sp³-hybridized carbons (Fsp3) is 0.0909. The van der Waals surface area contributed by atoms with Crippen LogP contribution >= 0.6 is 35.0 Å². The van der Waals surface area contributed by atoms with Crippen LogP contribution in [0.4, 0.5) is 0 Å². The molecule has 2 heterocycles. The highest BCUT2D eigenvalue weighted by Gasteiger charge is 2.39. The summed E-state index contributed by atoms with van der Waals surface area (Å²) in [6, 6.07) is 17.7. The topological polar surface area (TPSA) is 50.5 Å². The Hall–Kier alpha value is -2.47. The lowest BCUT2D eigenvalue weighted by Gasteiger charge is -2.16. The highest BCUT2D eigenvalue weighted by molar-refractivity contribution is 8.03. The van der Waals surface area contributed by atoms with Gasteiger partial charge in [-0.25, -0.2) is 0 Å². The summed E-state index contributed by atoms with van der Waals surface area (Å²) in [5, 5.41) is 1.07. The minimum absolute atomic E-state index is 0.110. The summed E-state index contributed by atoms with van der Waals surface area (Å²) >= 11 is 13.5. The molecule has 1 aliphatic heterocycles. The summed E-state index contributed by atoms with van der Waals surface area (Å²) in [5.74, 6) is 0.483. The Bertz CT molecular complexity index is 1090. The van der Waals surface area contributed by atoms with Gasteiger partial charge >= 0.3 is 0 Å². The molecule has 0 unspecified atom stereocenters. The van der Waals surface area contributed by atoms with Crippen molar-refractivity contribution >= 4 is 52.4 Å². The van der Waals surface area contributed by atoms with Crippen molar-refractivity contribution in [2.75, 3.05) is 0 Å². The van der Waals surface area contributed by atoms with Gasteiger partial charge in [-0.05, 0) is 41.5 Å². The van der Waals surface area contributed by atoms with E-state index in [2.05, 4.69) is 0 Å². The lowest BCUT2D eigenvalue weighted by molar-refractivity contribution is -0.137. The predicted octanol–water partition coefficient (Wildman–Crippen LogP) is 5.80. The van der Waals surface area contributed by atoms with Crippen LogP contribution in [0.5, 0.6) is 0 Å². The number of imide groups is 1. The number of halogens is 2. The number of hydrogen-bond donors (Lipinski definition) is 0. The van der Waals surface area contributed by atoms with Gasteiger partial charge in [-0.1, -0.05) is 53.5 Å². The van der Waals surface area contributed by atoms with Crippen molar-refractivity contribution < 1.29 is 14.0 Å². The number of benzene rings is 2. The average Bonchev–Trinajstić information content (AvgIpc) is 3.31. The second kappa shape index (κ2) is 8.49. The fourth-order valence-electron chi connectivity index (χ4n) is 3.04. The van der Waals surface area contributed by atoms with E-state index in [-0.39, 0.29) is 18.4 Å². The highest BCUT2D eigenvalue weighted by Crippen LogP contribution is 2.38. The molecule has 2 amide bonds. The molecule has 0 aliphatic carbocycles. The molecule has 0 saturated carbocycles. The third kappa shape index (κ3) is 4.13. The molecule has 0 radical (unpaired) electrons. The van der Waals surface area contributed by atoms with Gasteiger partial charge in [0.2, 0.25) is 0 Å². The molecule has 1 aliphatic rings. The number of thioether (sulfide) groups is 1. The van der Waals surface area contributed by atoms with Crippen LogP contribution in [0.15, 0.2) is 76.2 Å². The Kier molecular flexibility index (Phi) is 5.81. The van der Waals surface area contributed by atoms with E-state index in [9.17, 15) is 9.59 Å². The summed E-state index contributed by atoms with van der Waals surface area (Å²) < 4.78 is 5.36. The van der Waals surface area contributed by atoms with Gasteiger partial charge in [-0.3, -0.25) is 14.5 Å². The smallest absolute Gasteiger partial charge is 0.268 e. The first-order valence-electron chi connectivity index (χ1n) is 8.79. The first-order valence-corrected chi connectivity index (χ1v) is 10.5. The summed E-state index contributed by atoms with van der Waals surface area (Å²) in [6.07, 6.45) is 1.58. The SMILES string of the molecule is O=C1C(SCc2ccco2)=C(c2ccc(Cl)cc2)C(=O)N1Cc1ccccc1Cl. The molecule has 4 rings (SSSR count). The third-order valence-corrected chi connectivity index (χ3v) is 6.20. The number of hydrogen-bond acceptors (Lipinski definition) is 4. The molecule has 0 spiro atoms. The summed E-state index contributed by atoms with van der Waals surface area (Å²) in [6.45, 7) is 0.110. The number of rotatable bonds is 6. The normalized spacial score (nSPS) is 14.2. The van der Waals surface area contributed by atoms with E-state index in [1.165, 1.54) is 16.7 Å². The monoisotopic (exact) mass is 443 g/mol. The number of amides is 2. The van der Waals surface area contributed by atoms with Crippen LogP contribution in [0.2, 0.25) is 10.0 Å². The summed E-state index contributed by atoms with van der Waals surface area (Å²) in [7, 11) is 0.